The lowest BCUT2D eigenvalue weighted by Gasteiger charge is -2.18. The predicted molar refractivity (Wildman–Crippen MR) is 62.6 cm³/mol. The molecule has 0 aromatic heterocycles. The minimum atomic E-state index is -0.427. The van der Waals surface area contributed by atoms with Crippen molar-refractivity contribution >= 4 is 0 Å². The Morgan fingerprint density at radius 1 is 1.38 bits per heavy atom. The Balaban J connectivity index is 2.14. The zero-order valence-corrected chi connectivity index (χ0v) is 9.91. The van der Waals surface area contributed by atoms with Crippen molar-refractivity contribution in [3.8, 4) is 0 Å². The molecule has 16 heavy (non-hydrogen) atoms. The highest BCUT2D eigenvalue weighted by Crippen LogP contribution is 2.38. The van der Waals surface area contributed by atoms with Gasteiger partial charge in [0.05, 0.1) is 6.10 Å². The van der Waals surface area contributed by atoms with Crippen molar-refractivity contribution in [2.45, 2.75) is 39.2 Å². The molecule has 1 saturated carbocycles. The van der Waals surface area contributed by atoms with Gasteiger partial charge in [-0.25, -0.2) is 4.39 Å². The Morgan fingerprint density at radius 3 is 2.69 bits per heavy atom. The molecule has 0 bridgehead atoms. The third kappa shape index (κ3) is 2.27. The Bertz CT molecular complexity index is 375. The minimum absolute atomic E-state index is 0.198. The summed E-state index contributed by atoms with van der Waals surface area (Å²) in [6, 6.07) is 4.92. The van der Waals surface area contributed by atoms with Crippen molar-refractivity contribution in [1.29, 1.82) is 0 Å². The molecule has 0 heterocycles. The molecule has 0 amide bonds. The summed E-state index contributed by atoms with van der Waals surface area (Å²) in [7, 11) is 0. The van der Waals surface area contributed by atoms with Gasteiger partial charge in [-0.2, -0.15) is 0 Å². The number of aryl methyl sites for hydroxylation is 1. The van der Waals surface area contributed by atoms with Gasteiger partial charge in [-0.1, -0.05) is 25.5 Å². The third-order valence-electron chi connectivity index (χ3n) is 3.71. The van der Waals surface area contributed by atoms with Crippen LogP contribution in [0.3, 0.4) is 0 Å². The summed E-state index contributed by atoms with van der Waals surface area (Å²) in [5, 5.41) is 10.2. The molecule has 88 valence electrons. The van der Waals surface area contributed by atoms with Crippen LogP contribution < -0.4 is 0 Å². The second-order valence-corrected chi connectivity index (χ2v) is 5.13. The van der Waals surface area contributed by atoms with E-state index < -0.39 is 6.10 Å². The van der Waals surface area contributed by atoms with Gasteiger partial charge in [-0.05, 0) is 48.8 Å². The normalized spacial score (nSPS) is 27.0. The summed E-state index contributed by atoms with van der Waals surface area (Å²) >= 11 is 0. The van der Waals surface area contributed by atoms with Crippen molar-refractivity contribution < 1.29 is 9.50 Å². The molecule has 1 aromatic carbocycles. The van der Waals surface area contributed by atoms with Crippen LogP contribution in [-0.4, -0.2) is 5.11 Å². The van der Waals surface area contributed by atoms with Gasteiger partial charge in [-0.15, -0.1) is 0 Å². The van der Waals surface area contributed by atoms with Crippen LogP contribution in [0.15, 0.2) is 18.2 Å². The van der Waals surface area contributed by atoms with Crippen LogP contribution in [0.5, 0.6) is 0 Å². The lowest BCUT2D eigenvalue weighted by molar-refractivity contribution is 0.109. The number of halogens is 1. The van der Waals surface area contributed by atoms with E-state index in [-0.39, 0.29) is 5.82 Å². The fraction of sp³-hybridized carbons (Fsp3) is 0.571. The molecule has 1 aliphatic carbocycles. The molecule has 3 atom stereocenters. The van der Waals surface area contributed by atoms with E-state index in [1.807, 2.05) is 0 Å². The Hall–Kier alpha value is -0.890. The predicted octanol–water partition coefficient (Wildman–Crippen LogP) is 3.60. The van der Waals surface area contributed by atoms with Gasteiger partial charge in [0.2, 0.25) is 0 Å². The first-order valence-electron chi connectivity index (χ1n) is 6.02. The number of hydrogen-bond acceptors (Lipinski definition) is 1. The average molecular weight is 222 g/mol. The average Bonchev–Trinajstić information content (AvgIpc) is 2.68. The van der Waals surface area contributed by atoms with Crippen LogP contribution in [-0.2, 0) is 0 Å². The number of benzene rings is 1. The van der Waals surface area contributed by atoms with Gasteiger partial charge >= 0.3 is 0 Å². The summed E-state index contributed by atoms with van der Waals surface area (Å²) in [6.07, 6.45) is 2.93. The molecule has 2 rings (SSSR count). The maximum atomic E-state index is 13.1. The van der Waals surface area contributed by atoms with Crippen LogP contribution in [0.2, 0.25) is 0 Å². The van der Waals surface area contributed by atoms with Crippen LogP contribution in [0.4, 0.5) is 4.39 Å². The van der Waals surface area contributed by atoms with Gasteiger partial charge in [0.25, 0.3) is 0 Å². The van der Waals surface area contributed by atoms with E-state index in [1.54, 1.807) is 19.1 Å². The molecule has 0 aliphatic heterocycles. The summed E-state index contributed by atoms with van der Waals surface area (Å²) in [5.41, 5.74) is 1.47. The Morgan fingerprint density at radius 2 is 2.12 bits per heavy atom. The van der Waals surface area contributed by atoms with Crippen LogP contribution in [0.25, 0.3) is 0 Å². The van der Waals surface area contributed by atoms with E-state index in [1.165, 1.54) is 12.5 Å². The lowest BCUT2D eigenvalue weighted by atomic mass is 9.93. The quantitative estimate of drug-likeness (QED) is 0.810. The molecule has 2 heteroatoms. The van der Waals surface area contributed by atoms with Gasteiger partial charge < -0.3 is 5.11 Å². The first-order valence-corrected chi connectivity index (χ1v) is 6.02. The molecule has 0 spiro atoms. The molecule has 1 aromatic rings. The number of rotatable bonds is 2. The highest BCUT2D eigenvalue weighted by Gasteiger charge is 2.28. The molecular formula is C14H19FO. The monoisotopic (exact) mass is 222 g/mol. The van der Waals surface area contributed by atoms with Gasteiger partial charge in [0.1, 0.15) is 5.82 Å². The first-order chi connectivity index (χ1) is 7.58. The lowest BCUT2D eigenvalue weighted by Crippen LogP contribution is -2.09. The number of aliphatic hydroxyl groups excluding tert-OH is 1. The molecule has 1 aliphatic rings. The van der Waals surface area contributed by atoms with Gasteiger partial charge in [0, 0.05) is 0 Å². The highest BCUT2D eigenvalue weighted by molar-refractivity contribution is 5.26. The zero-order chi connectivity index (χ0) is 11.7. The van der Waals surface area contributed by atoms with E-state index in [9.17, 15) is 9.50 Å². The molecule has 1 fully saturated rings. The van der Waals surface area contributed by atoms with E-state index >= 15 is 0 Å². The Labute approximate surface area is 96.3 Å². The minimum Gasteiger partial charge on any atom is -0.388 e. The van der Waals surface area contributed by atoms with Crippen molar-refractivity contribution in [1.82, 2.24) is 0 Å². The number of aliphatic hydroxyl groups is 1. The fourth-order valence-corrected chi connectivity index (χ4v) is 2.66. The largest absolute Gasteiger partial charge is 0.388 e. The SMILES string of the molecule is Cc1cc(C(O)C2CCC(C)C2)ccc1F. The smallest absolute Gasteiger partial charge is 0.126 e. The second-order valence-electron chi connectivity index (χ2n) is 5.13. The maximum Gasteiger partial charge on any atom is 0.126 e. The molecule has 1 N–H and O–H groups in total. The van der Waals surface area contributed by atoms with Gasteiger partial charge in [-0.3, -0.25) is 0 Å². The molecule has 0 saturated heterocycles. The first kappa shape index (κ1) is 11.6. The molecule has 3 unspecified atom stereocenters. The number of hydrogen-bond donors (Lipinski definition) is 1. The fourth-order valence-electron chi connectivity index (χ4n) is 2.66. The maximum absolute atomic E-state index is 13.1. The van der Waals surface area contributed by atoms with E-state index in [2.05, 4.69) is 6.92 Å². The standard InChI is InChI=1S/C14H19FO/c1-9-3-4-11(7-9)14(16)12-5-6-13(15)10(2)8-12/h5-6,8-9,11,14,16H,3-4,7H2,1-2H3. The summed E-state index contributed by atoms with van der Waals surface area (Å²) < 4.78 is 13.1. The van der Waals surface area contributed by atoms with Crippen molar-refractivity contribution in [2.75, 3.05) is 0 Å². The van der Waals surface area contributed by atoms with Crippen molar-refractivity contribution in [3.63, 3.8) is 0 Å². The molecule has 0 radical (unpaired) electrons. The summed E-state index contributed by atoms with van der Waals surface area (Å²) in [4.78, 5) is 0. The van der Waals surface area contributed by atoms with Crippen LogP contribution in [0.1, 0.15) is 43.4 Å². The van der Waals surface area contributed by atoms with E-state index in [0.29, 0.717) is 17.4 Å². The summed E-state index contributed by atoms with van der Waals surface area (Å²) in [5.74, 6) is 0.858. The Kier molecular flexibility index (Phi) is 3.29. The topological polar surface area (TPSA) is 20.2 Å². The van der Waals surface area contributed by atoms with E-state index in [4.69, 9.17) is 0 Å². The summed E-state index contributed by atoms with van der Waals surface area (Å²) in [6.45, 7) is 3.96. The van der Waals surface area contributed by atoms with Crippen molar-refractivity contribution in [2.24, 2.45) is 11.8 Å². The van der Waals surface area contributed by atoms with Gasteiger partial charge in [0.15, 0.2) is 0 Å². The zero-order valence-electron chi connectivity index (χ0n) is 9.91. The second kappa shape index (κ2) is 4.54. The third-order valence-corrected chi connectivity index (χ3v) is 3.71. The highest BCUT2D eigenvalue weighted by atomic mass is 19.1. The molecular weight excluding hydrogens is 203 g/mol. The van der Waals surface area contributed by atoms with E-state index in [0.717, 1.165) is 18.4 Å². The molecule has 1 nitrogen and oxygen atoms in total. The van der Waals surface area contributed by atoms with Crippen LogP contribution in [0, 0.1) is 24.6 Å². The van der Waals surface area contributed by atoms with Crippen molar-refractivity contribution in [3.05, 3.63) is 35.1 Å². The van der Waals surface area contributed by atoms with Crippen LogP contribution >= 0.6 is 0 Å².